The zero-order valence-corrected chi connectivity index (χ0v) is 11.9. The number of methoxy groups -OCH3 is 2. The second kappa shape index (κ2) is 7.04. The number of carbonyl (C=O) groups excluding carboxylic acids is 1. The lowest BCUT2D eigenvalue weighted by molar-refractivity contribution is 0.0593. The first-order valence-electron chi connectivity index (χ1n) is 6.12. The Hall–Kier alpha value is -1.69. The van der Waals surface area contributed by atoms with Gasteiger partial charge in [-0.1, -0.05) is 13.8 Å². The molecule has 1 rings (SSSR count). The summed E-state index contributed by atoms with van der Waals surface area (Å²) in [5.41, 5.74) is 0.297. The molecule has 106 valence electrons. The topological polar surface area (TPSA) is 73.3 Å². The maximum absolute atomic E-state index is 11.2. The van der Waals surface area contributed by atoms with E-state index in [9.17, 15) is 4.79 Å². The van der Waals surface area contributed by atoms with Gasteiger partial charge in [-0.3, -0.25) is 0 Å². The summed E-state index contributed by atoms with van der Waals surface area (Å²) in [5, 5.41) is 3.20. The maximum Gasteiger partial charge on any atom is 0.358 e. The highest BCUT2D eigenvalue weighted by Gasteiger charge is 2.17. The SMILES string of the molecule is COCCC(C)(C)CNc1cnc(C(=O)OC)cn1. The van der Waals surface area contributed by atoms with Crippen molar-refractivity contribution in [1.82, 2.24) is 9.97 Å². The summed E-state index contributed by atoms with van der Waals surface area (Å²) < 4.78 is 9.64. The van der Waals surface area contributed by atoms with Crippen LogP contribution >= 0.6 is 0 Å². The average molecular weight is 267 g/mol. The van der Waals surface area contributed by atoms with Crippen LogP contribution in [0.3, 0.4) is 0 Å². The van der Waals surface area contributed by atoms with Crippen molar-refractivity contribution in [3.8, 4) is 0 Å². The highest BCUT2D eigenvalue weighted by atomic mass is 16.5. The lowest BCUT2D eigenvalue weighted by Gasteiger charge is -2.24. The molecular weight excluding hydrogens is 246 g/mol. The van der Waals surface area contributed by atoms with Gasteiger partial charge in [-0.25, -0.2) is 14.8 Å². The molecule has 0 amide bonds. The third-order valence-corrected chi connectivity index (χ3v) is 2.78. The van der Waals surface area contributed by atoms with E-state index in [2.05, 4.69) is 33.9 Å². The Kier molecular flexibility index (Phi) is 5.69. The van der Waals surface area contributed by atoms with Crippen LogP contribution in [-0.2, 0) is 9.47 Å². The van der Waals surface area contributed by atoms with Crippen LogP contribution in [0, 0.1) is 5.41 Å². The van der Waals surface area contributed by atoms with Gasteiger partial charge in [0.2, 0.25) is 0 Å². The monoisotopic (exact) mass is 267 g/mol. The predicted octanol–water partition coefficient (Wildman–Crippen LogP) is 1.74. The summed E-state index contributed by atoms with van der Waals surface area (Å²) in [6, 6.07) is 0. The molecule has 0 spiro atoms. The van der Waals surface area contributed by atoms with Crippen molar-refractivity contribution in [3.63, 3.8) is 0 Å². The van der Waals surface area contributed by atoms with Crippen LogP contribution in [0.25, 0.3) is 0 Å². The van der Waals surface area contributed by atoms with Crippen LogP contribution in [0.15, 0.2) is 12.4 Å². The molecule has 1 heterocycles. The van der Waals surface area contributed by atoms with Crippen LogP contribution in [0.2, 0.25) is 0 Å². The van der Waals surface area contributed by atoms with Gasteiger partial charge in [-0.2, -0.15) is 0 Å². The molecule has 1 N–H and O–H groups in total. The van der Waals surface area contributed by atoms with Gasteiger partial charge in [0.25, 0.3) is 0 Å². The molecule has 0 aliphatic heterocycles. The van der Waals surface area contributed by atoms with Gasteiger partial charge in [0.1, 0.15) is 5.82 Å². The molecule has 0 aromatic carbocycles. The van der Waals surface area contributed by atoms with E-state index >= 15 is 0 Å². The van der Waals surface area contributed by atoms with Crippen LogP contribution in [-0.4, -0.2) is 43.3 Å². The van der Waals surface area contributed by atoms with Gasteiger partial charge in [-0.15, -0.1) is 0 Å². The van der Waals surface area contributed by atoms with Gasteiger partial charge < -0.3 is 14.8 Å². The van der Waals surface area contributed by atoms with E-state index in [0.29, 0.717) is 5.82 Å². The van der Waals surface area contributed by atoms with Crippen molar-refractivity contribution in [2.45, 2.75) is 20.3 Å². The van der Waals surface area contributed by atoms with Crippen molar-refractivity contribution in [2.24, 2.45) is 5.41 Å². The molecule has 0 aliphatic rings. The highest BCUT2D eigenvalue weighted by Crippen LogP contribution is 2.20. The zero-order chi connectivity index (χ0) is 14.3. The number of nitrogens with one attached hydrogen (secondary N) is 1. The molecular formula is C13H21N3O3. The smallest absolute Gasteiger partial charge is 0.358 e. The Labute approximate surface area is 113 Å². The molecule has 0 saturated carbocycles. The molecule has 6 nitrogen and oxygen atoms in total. The van der Waals surface area contributed by atoms with Crippen molar-refractivity contribution < 1.29 is 14.3 Å². The Morgan fingerprint density at radius 3 is 2.58 bits per heavy atom. The molecule has 19 heavy (non-hydrogen) atoms. The summed E-state index contributed by atoms with van der Waals surface area (Å²) in [4.78, 5) is 19.3. The van der Waals surface area contributed by atoms with Gasteiger partial charge in [0.15, 0.2) is 5.69 Å². The maximum atomic E-state index is 11.2. The molecule has 0 fully saturated rings. The summed E-state index contributed by atoms with van der Waals surface area (Å²) in [5.74, 6) is 0.151. The Morgan fingerprint density at radius 1 is 1.32 bits per heavy atom. The molecule has 0 atom stereocenters. The van der Waals surface area contributed by atoms with E-state index in [0.717, 1.165) is 19.6 Å². The van der Waals surface area contributed by atoms with E-state index in [1.54, 1.807) is 7.11 Å². The van der Waals surface area contributed by atoms with E-state index in [-0.39, 0.29) is 11.1 Å². The molecule has 1 aromatic heterocycles. The van der Waals surface area contributed by atoms with Gasteiger partial charge in [0.05, 0.1) is 19.5 Å². The van der Waals surface area contributed by atoms with E-state index in [1.807, 2.05) is 0 Å². The van der Waals surface area contributed by atoms with Gasteiger partial charge >= 0.3 is 5.97 Å². The van der Waals surface area contributed by atoms with Crippen LogP contribution in [0.4, 0.5) is 5.82 Å². The first-order valence-corrected chi connectivity index (χ1v) is 6.12. The molecule has 0 radical (unpaired) electrons. The third kappa shape index (κ3) is 5.21. The van der Waals surface area contributed by atoms with Crippen molar-refractivity contribution in [3.05, 3.63) is 18.1 Å². The van der Waals surface area contributed by atoms with Gasteiger partial charge in [0, 0.05) is 20.3 Å². The third-order valence-electron chi connectivity index (χ3n) is 2.78. The number of aromatic nitrogens is 2. The average Bonchev–Trinajstić information content (AvgIpc) is 2.43. The Bertz CT molecular complexity index is 404. The highest BCUT2D eigenvalue weighted by molar-refractivity contribution is 5.86. The first-order chi connectivity index (χ1) is 8.98. The summed E-state index contributed by atoms with van der Waals surface area (Å²) in [7, 11) is 3.01. The summed E-state index contributed by atoms with van der Waals surface area (Å²) in [6.45, 7) is 5.77. The minimum atomic E-state index is -0.487. The van der Waals surface area contributed by atoms with Gasteiger partial charge in [-0.05, 0) is 11.8 Å². The van der Waals surface area contributed by atoms with E-state index in [1.165, 1.54) is 19.5 Å². The summed E-state index contributed by atoms with van der Waals surface area (Å²) >= 11 is 0. The number of rotatable bonds is 7. The molecule has 0 saturated heterocycles. The largest absolute Gasteiger partial charge is 0.464 e. The van der Waals surface area contributed by atoms with Crippen LogP contribution < -0.4 is 5.32 Å². The number of hydrogen-bond donors (Lipinski definition) is 1. The predicted molar refractivity (Wildman–Crippen MR) is 72.1 cm³/mol. The normalized spacial score (nSPS) is 11.2. The standard InChI is InChI=1S/C13H21N3O3/c1-13(2,5-6-18-3)9-16-11-8-14-10(7-15-11)12(17)19-4/h7-8H,5-6,9H2,1-4H3,(H,15,16). The minimum Gasteiger partial charge on any atom is -0.464 e. The Balaban J connectivity index is 2.52. The Morgan fingerprint density at radius 2 is 2.05 bits per heavy atom. The molecule has 0 unspecified atom stereocenters. The first kappa shape index (κ1) is 15.4. The second-order valence-corrected chi connectivity index (χ2v) is 5.04. The number of hydrogen-bond acceptors (Lipinski definition) is 6. The number of esters is 1. The number of carbonyl (C=O) groups is 1. The van der Waals surface area contributed by atoms with Crippen LogP contribution in [0.1, 0.15) is 30.8 Å². The molecule has 0 bridgehead atoms. The fourth-order valence-corrected chi connectivity index (χ4v) is 1.43. The second-order valence-electron chi connectivity index (χ2n) is 5.04. The van der Waals surface area contributed by atoms with Crippen molar-refractivity contribution in [1.29, 1.82) is 0 Å². The fourth-order valence-electron chi connectivity index (χ4n) is 1.43. The fraction of sp³-hybridized carbons (Fsp3) is 0.615. The van der Waals surface area contributed by atoms with Crippen molar-refractivity contribution >= 4 is 11.8 Å². The minimum absolute atomic E-state index is 0.0959. The van der Waals surface area contributed by atoms with Crippen LogP contribution in [0.5, 0.6) is 0 Å². The van der Waals surface area contributed by atoms with Crippen molar-refractivity contribution in [2.75, 3.05) is 32.7 Å². The summed E-state index contributed by atoms with van der Waals surface area (Å²) in [6.07, 6.45) is 3.87. The lowest BCUT2D eigenvalue weighted by Crippen LogP contribution is -2.25. The molecule has 1 aromatic rings. The quantitative estimate of drug-likeness (QED) is 0.759. The number of nitrogens with zero attached hydrogens (tertiary/aromatic N) is 2. The lowest BCUT2D eigenvalue weighted by atomic mass is 9.90. The van der Waals surface area contributed by atoms with E-state index in [4.69, 9.17) is 4.74 Å². The molecule has 6 heteroatoms. The molecule has 0 aliphatic carbocycles. The van der Waals surface area contributed by atoms with E-state index < -0.39 is 5.97 Å². The zero-order valence-electron chi connectivity index (χ0n) is 11.9. The number of ether oxygens (including phenoxy) is 2. The number of anilines is 1.